The molecule has 0 heterocycles. The number of hydrogen-bond acceptors (Lipinski definition) is 3. The molecule has 21 heavy (non-hydrogen) atoms. The summed E-state index contributed by atoms with van der Waals surface area (Å²) in [5, 5.41) is 3.56. The number of hydrogen-bond donors (Lipinski definition) is 1. The summed E-state index contributed by atoms with van der Waals surface area (Å²) in [6.45, 7) is 14.8. The number of rotatable bonds is 9. The molecule has 1 aromatic rings. The van der Waals surface area contributed by atoms with Crippen LogP contribution < -0.4 is 10.2 Å². The second-order valence-corrected chi connectivity index (χ2v) is 6.44. The molecule has 0 aromatic heterocycles. The number of methoxy groups -OCH3 is 1. The summed E-state index contributed by atoms with van der Waals surface area (Å²) >= 11 is 0. The molecular formula is C18H32N2O. The maximum Gasteiger partial charge on any atom is 0.0637 e. The average Bonchev–Trinajstić information content (AvgIpc) is 2.40. The van der Waals surface area contributed by atoms with Crippen molar-refractivity contribution in [2.24, 2.45) is 5.92 Å². The van der Waals surface area contributed by atoms with E-state index in [4.69, 9.17) is 4.74 Å². The van der Waals surface area contributed by atoms with Gasteiger partial charge in [0.15, 0.2) is 0 Å². The van der Waals surface area contributed by atoms with Crippen LogP contribution in [0.3, 0.4) is 0 Å². The van der Waals surface area contributed by atoms with Gasteiger partial charge in [0.25, 0.3) is 0 Å². The molecule has 0 spiro atoms. The van der Waals surface area contributed by atoms with Gasteiger partial charge in [-0.05, 0) is 44.9 Å². The minimum Gasteiger partial charge on any atom is -0.383 e. The standard InChI is InChI=1S/C18H32N2O/c1-14(2)12-19-13-17-11-16(5)7-8-18(17)20(15(3)4)9-10-21-6/h7-8,11,14-15,19H,9-10,12-13H2,1-6H3. The molecule has 0 saturated carbocycles. The second kappa shape index (κ2) is 9.06. The van der Waals surface area contributed by atoms with Crippen molar-refractivity contribution in [3.63, 3.8) is 0 Å². The molecule has 0 aliphatic heterocycles. The van der Waals surface area contributed by atoms with Gasteiger partial charge in [-0.15, -0.1) is 0 Å². The van der Waals surface area contributed by atoms with Crippen molar-refractivity contribution in [3.8, 4) is 0 Å². The van der Waals surface area contributed by atoms with Gasteiger partial charge in [0.05, 0.1) is 6.61 Å². The highest BCUT2D eigenvalue weighted by molar-refractivity contribution is 5.55. The zero-order valence-electron chi connectivity index (χ0n) is 14.6. The molecule has 0 saturated heterocycles. The lowest BCUT2D eigenvalue weighted by Crippen LogP contribution is -2.35. The Labute approximate surface area is 130 Å². The minimum atomic E-state index is 0.465. The first-order valence-corrected chi connectivity index (χ1v) is 8.01. The van der Waals surface area contributed by atoms with Crippen LogP contribution in [0, 0.1) is 12.8 Å². The van der Waals surface area contributed by atoms with Crippen LogP contribution in [-0.2, 0) is 11.3 Å². The van der Waals surface area contributed by atoms with E-state index >= 15 is 0 Å². The molecule has 0 amide bonds. The normalized spacial score (nSPS) is 11.4. The lowest BCUT2D eigenvalue weighted by molar-refractivity contribution is 0.204. The van der Waals surface area contributed by atoms with E-state index in [-0.39, 0.29) is 0 Å². The van der Waals surface area contributed by atoms with Gasteiger partial charge in [-0.3, -0.25) is 0 Å². The first-order valence-electron chi connectivity index (χ1n) is 8.01. The zero-order chi connectivity index (χ0) is 15.8. The number of nitrogens with zero attached hydrogens (tertiary/aromatic N) is 1. The predicted octanol–water partition coefficient (Wildman–Crippen LogP) is 3.60. The molecule has 0 atom stereocenters. The largest absolute Gasteiger partial charge is 0.383 e. The van der Waals surface area contributed by atoms with Crippen LogP contribution in [0.1, 0.15) is 38.8 Å². The van der Waals surface area contributed by atoms with Gasteiger partial charge in [-0.1, -0.05) is 31.5 Å². The van der Waals surface area contributed by atoms with Crippen molar-refractivity contribution in [1.29, 1.82) is 0 Å². The van der Waals surface area contributed by atoms with Gasteiger partial charge in [0.1, 0.15) is 0 Å². The summed E-state index contributed by atoms with van der Waals surface area (Å²) in [7, 11) is 1.76. The van der Waals surface area contributed by atoms with Crippen molar-refractivity contribution < 1.29 is 4.74 Å². The molecule has 0 radical (unpaired) electrons. The highest BCUT2D eigenvalue weighted by Gasteiger charge is 2.14. The smallest absolute Gasteiger partial charge is 0.0637 e. The fourth-order valence-electron chi connectivity index (χ4n) is 2.48. The van der Waals surface area contributed by atoms with Crippen molar-refractivity contribution in [2.75, 3.05) is 31.7 Å². The van der Waals surface area contributed by atoms with Crippen LogP contribution >= 0.6 is 0 Å². The predicted molar refractivity (Wildman–Crippen MR) is 92.1 cm³/mol. The molecule has 1 aromatic carbocycles. The molecule has 0 bridgehead atoms. The van der Waals surface area contributed by atoms with Crippen molar-refractivity contribution in [1.82, 2.24) is 5.32 Å². The monoisotopic (exact) mass is 292 g/mol. The highest BCUT2D eigenvalue weighted by atomic mass is 16.5. The third kappa shape index (κ3) is 6.06. The lowest BCUT2D eigenvalue weighted by Gasteiger charge is -2.31. The Morgan fingerprint density at radius 3 is 2.48 bits per heavy atom. The maximum atomic E-state index is 5.26. The van der Waals surface area contributed by atoms with Gasteiger partial charge < -0.3 is 15.0 Å². The number of ether oxygens (including phenoxy) is 1. The summed E-state index contributed by atoms with van der Waals surface area (Å²) in [5.41, 5.74) is 4.01. The Morgan fingerprint density at radius 1 is 1.19 bits per heavy atom. The zero-order valence-corrected chi connectivity index (χ0v) is 14.6. The fourth-order valence-corrected chi connectivity index (χ4v) is 2.48. The Balaban J connectivity index is 2.91. The first kappa shape index (κ1) is 18.0. The van der Waals surface area contributed by atoms with Gasteiger partial charge in [-0.2, -0.15) is 0 Å². The average molecular weight is 292 g/mol. The van der Waals surface area contributed by atoms with E-state index < -0.39 is 0 Å². The molecular weight excluding hydrogens is 260 g/mol. The maximum absolute atomic E-state index is 5.26. The van der Waals surface area contributed by atoms with E-state index in [9.17, 15) is 0 Å². The lowest BCUT2D eigenvalue weighted by atomic mass is 10.1. The molecule has 0 unspecified atom stereocenters. The van der Waals surface area contributed by atoms with E-state index in [0.717, 1.165) is 26.2 Å². The molecule has 1 N–H and O–H groups in total. The van der Waals surface area contributed by atoms with Crippen LogP contribution in [0.5, 0.6) is 0 Å². The highest BCUT2D eigenvalue weighted by Crippen LogP contribution is 2.24. The molecule has 120 valence electrons. The van der Waals surface area contributed by atoms with Crippen LogP contribution in [0.4, 0.5) is 5.69 Å². The van der Waals surface area contributed by atoms with Crippen LogP contribution in [0.15, 0.2) is 18.2 Å². The summed E-state index contributed by atoms with van der Waals surface area (Å²) in [6, 6.07) is 7.21. The number of anilines is 1. The molecule has 0 aliphatic rings. The summed E-state index contributed by atoms with van der Waals surface area (Å²) < 4.78 is 5.26. The summed E-state index contributed by atoms with van der Waals surface area (Å²) in [5.74, 6) is 0.674. The number of benzene rings is 1. The third-order valence-electron chi connectivity index (χ3n) is 3.57. The van der Waals surface area contributed by atoms with Crippen LogP contribution in [-0.4, -0.2) is 32.8 Å². The van der Waals surface area contributed by atoms with Crippen molar-refractivity contribution >= 4 is 5.69 Å². The van der Waals surface area contributed by atoms with Gasteiger partial charge in [0, 0.05) is 31.9 Å². The Hall–Kier alpha value is -1.06. The Bertz CT molecular complexity index is 416. The first-order chi connectivity index (χ1) is 9.95. The van der Waals surface area contributed by atoms with E-state index in [1.165, 1.54) is 16.8 Å². The van der Waals surface area contributed by atoms with E-state index in [0.29, 0.717) is 12.0 Å². The molecule has 0 aliphatic carbocycles. The van der Waals surface area contributed by atoms with Crippen molar-refractivity contribution in [2.45, 2.75) is 47.2 Å². The van der Waals surface area contributed by atoms with E-state index in [1.54, 1.807) is 7.11 Å². The topological polar surface area (TPSA) is 24.5 Å². The summed E-state index contributed by atoms with van der Waals surface area (Å²) in [4.78, 5) is 2.43. The number of nitrogens with one attached hydrogen (secondary N) is 1. The molecule has 3 nitrogen and oxygen atoms in total. The van der Waals surface area contributed by atoms with Crippen LogP contribution in [0.25, 0.3) is 0 Å². The Kier molecular flexibility index (Phi) is 7.76. The van der Waals surface area contributed by atoms with Gasteiger partial charge in [-0.25, -0.2) is 0 Å². The third-order valence-corrected chi connectivity index (χ3v) is 3.57. The minimum absolute atomic E-state index is 0.465. The second-order valence-electron chi connectivity index (χ2n) is 6.44. The van der Waals surface area contributed by atoms with Gasteiger partial charge >= 0.3 is 0 Å². The Morgan fingerprint density at radius 2 is 1.90 bits per heavy atom. The van der Waals surface area contributed by atoms with Crippen LogP contribution in [0.2, 0.25) is 0 Å². The molecule has 3 heteroatoms. The number of aryl methyl sites for hydroxylation is 1. The molecule has 1 rings (SSSR count). The van der Waals surface area contributed by atoms with Gasteiger partial charge in [0.2, 0.25) is 0 Å². The van der Waals surface area contributed by atoms with Crippen molar-refractivity contribution in [3.05, 3.63) is 29.3 Å². The SMILES string of the molecule is COCCN(c1ccc(C)cc1CNCC(C)C)C(C)C. The summed E-state index contributed by atoms with van der Waals surface area (Å²) in [6.07, 6.45) is 0. The molecule has 0 fully saturated rings. The van der Waals surface area contributed by atoms with E-state index in [1.807, 2.05) is 0 Å². The fraction of sp³-hybridized carbons (Fsp3) is 0.667. The van der Waals surface area contributed by atoms with E-state index in [2.05, 4.69) is 63.0 Å². The quantitative estimate of drug-likeness (QED) is 0.752.